The van der Waals surface area contributed by atoms with Crippen LogP contribution < -0.4 is 10.5 Å². The number of nitrogens with two attached hydrogens (primary N) is 1. The Morgan fingerprint density at radius 1 is 1.08 bits per heavy atom. The van der Waals surface area contributed by atoms with Crippen molar-refractivity contribution in [3.63, 3.8) is 0 Å². The van der Waals surface area contributed by atoms with E-state index in [4.69, 9.17) is 33.7 Å². The molecule has 36 heavy (non-hydrogen) atoms. The molecule has 3 aromatic carbocycles. The number of nitrogens with zero attached hydrogens (tertiary/aromatic N) is 2. The number of halogens is 5. The Bertz CT molecular complexity index is 1450. The van der Waals surface area contributed by atoms with Crippen LogP contribution in [0.5, 0.6) is 11.5 Å². The summed E-state index contributed by atoms with van der Waals surface area (Å²) in [4.78, 5) is 11.6. The summed E-state index contributed by atoms with van der Waals surface area (Å²) in [7, 11) is 1.54. The molecule has 0 saturated carbocycles. The van der Waals surface area contributed by atoms with Crippen molar-refractivity contribution in [2.24, 2.45) is 12.8 Å². The minimum absolute atomic E-state index is 0.00505. The monoisotopic (exact) mass is 535 g/mol. The van der Waals surface area contributed by atoms with Crippen molar-refractivity contribution in [3.05, 3.63) is 87.5 Å². The van der Waals surface area contributed by atoms with Crippen LogP contribution in [0, 0.1) is 0 Å². The van der Waals surface area contributed by atoms with Crippen molar-refractivity contribution in [2.45, 2.75) is 12.8 Å². The summed E-state index contributed by atoms with van der Waals surface area (Å²) in [6.07, 6.45) is -4.72. The first-order valence-electron chi connectivity index (χ1n) is 10.4. The first-order valence-corrected chi connectivity index (χ1v) is 11.2. The lowest BCUT2D eigenvalue weighted by Gasteiger charge is -2.18. The van der Waals surface area contributed by atoms with Gasteiger partial charge in [0, 0.05) is 17.6 Å². The van der Waals surface area contributed by atoms with Crippen LogP contribution in [0.2, 0.25) is 10.0 Å². The largest absolute Gasteiger partial charge is 0.506 e. The van der Waals surface area contributed by atoms with E-state index in [2.05, 4.69) is 5.10 Å². The van der Waals surface area contributed by atoms with Crippen LogP contribution in [-0.4, -0.2) is 20.8 Å². The number of aryl methyl sites for hydroxylation is 1. The summed E-state index contributed by atoms with van der Waals surface area (Å²) in [5.41, 5.74) is 5.50. The highest BCUT2D eigenvalue weighted by Gasteiger charge is 2.34. The van der Waals surface area contributed by atoms with Crippen LogP contribution in [0.1, 0.15) is 21.6 Å². The lowest BCUT2D eigenvalue weighted by molar-refractivity contribution is -0.137. The molecule has 0 saturated heterocycles. The number of carbonyl (C=O) groups is 1. The van der Waals surface area contributed by atoms with Gasteiger partial charge in [0.2, 0.25) is 0 Å². The number of alkyl halides is 3. The van der Waals surface area contributed by atoms with Crippen molar-refractivity contribution in [1.82, 2.24) is 9.78 Å². The Morgan fingerprint density at radius 3 is 2.39 bits per heavy atom. The maximum Gasteiger partial charge on any atom is 0.417 e. The highest BCUT2D eigenvalue weighted by atomic mass is 35.5. The van der Waals surface area contributed by atoms with E-state index in [1.165, 1.54) is 36.0 Å². The van der Waals surface area contributed by atoms with E-state index < -0.39 is 22.7 Å². The van der Waals surface area contributed by atoms with Gasteiger partial charge in [-0.25, -0.2) is 0 Å². The summed E-state index contributed by atoms with van der Waals surface area (Å²) in [5.74, 6) is -1.02. The van der Waals surface area contributed by atoms with Crippen LogP contribution in [0.4, 0.5) is 13.2 Å². The maximum atomic E-state index is 13.6. The molecule has 0 atom stereocenters. The predicted octanol–water partition coefficient (Wildman–Crippen LogP) is 6.46. The van der Waals surface area contributed by atoms with E-state index in [1.54, 1.807) is 24.3 Å². The minimum Gasteiger partial charge on any atom is -0.506 e. The smallest absolute Gasteiger partial charge is 0.417 e. The number of rotatable bonds is 6. The molecular weight excluding hydrogens is 518 g/mol. The zero-order valence-corrected chi connectivity index (χ0v) is 20.1. The van der Waals surface area contributed by atoms with Gasteiger partial charge in [-0.15, -0.1) is 0 Å². The number of carbonyl (C=O) groups excluding carboxylic acids is 1. The number of phenols is 1. The fourth-order valence-corrected chi connectivity index (χ4v) is 4.01. The number of ether oxygens (including phenoxy) is 1. The molecule has 0 aliphatic heterocycles. The van der Waals surface area contributed by atoms with Gasteiger partial charge in [0.05, 0.1) is 21.8 Å². The molecule has 1 aromatic heterocycles. The Kier molecular flexibility index (Phi) is 6.88. The molecule has 0 radical (unpaired) electrons. The SMILES string of the molecule is Cn1nc(C(N)=O)cc1-c1ccc(OCc2ccc(Cl)cc2)c(-c2ccc(Cl)c(C(F)(F)F)c2)c1O. The first-order chi connectivity index (χ1) is 17.0. The minimum atomic E-state index is -4.72. The van der Waals surface area contributed by atoms with Gasteiger partial charge in [0.1, 0.15) is 18.1 Å². The lowest BCUT2D eigenvalue weighted by Crippen LogP contribution is -2.11. The molecule has 1 heterocycles. The normalized spacial score (nSPS) is 11.5. The van der Waals surface area contributed by atoms with Gasteiger partial charge in [-0.2, -0.15) is 18.3 Å². The highest BCUT2D eigenvalue weighted by Crippen LogP contribution is 2.46. The molecule has 0 aliphatic carbocycles. The van der Waals surface area contributed by atoms with Crippen molar-refractivity contribution in [1.29, 1.82) is 0 Å². The lowest BCUT2D eigenvalue weighted by atomic mass is 9.97. The number of aromatic nitrogens is 2. The molecular formula is C25H18Cl2F3N3O3. The van der Waals surface area contributed by atoms with Gasteiger partial charge in [0.25, 0.3) is 5.91 Å². The Morgan fingerprint density at radius 2 is 1.78 bits per heavy atom. The molecule has 1 amide bonds. The van der Waals surface area contributed by atoms with Gasteiger partial charge in [-0.3, -0.25) is 9.48 Å². The molecule has 186 valence electrons. The molecule has 6 nitrogen and oxygen atoms in total. The Balaban J connectivity index is 1.87. The van der Waals surface area contributed by atoms with E-state index in [0.717, 1.165) is 17.7 Å². The van der Waals surface area contributed by atoms with Crippen LogP contribution in [0.25, 0.3) is 22.4 Å². The van der Waals surface area contributed by atoms with E-state index in [1.807, 2.05) is 0 Å². The molecule has 0 aliphatic rings. The molecule has 0 unspecified atom stereocenters. The van der Waals surface area contributed by atoms with E-state index in [9.17, 15) is 23.1 Å². The molecule has 4 rings (SSSR count). The fourth-order valence-electron chi connectivity index (χ4n) is 3.66. The van der Waals surface area contributed by atoms with Crippen LogP contribution in [0.3, 0.4) is 0 Å². The van der Waals surface area contributed by atoms with Gasteiger partial charge < -0.3 is 15.6 Å². The van der Waals surface area contributed by atoms with Gasteiger partial charge in [-0.1, -0.05) is 41.4 Å². The number of primary amides is 1. The summed E-state index contributed by atoms with van der Waals surface area (Å²) < 4.78 is 48.0. The summed E-state index contributed by atoms with van der Waals surface area (Å²) in [6.45, 7) is 0.0558. The van der Waals surface area contributed by atoms with Crippen LogP contribution in [0.15, 0.2) is 60.7 Å². The average Bonchev–Trinajstić information content (AvgIpc) is 3.20. The Labute approximate surface area is 213 Å². The molecule has 3 N–H and O–H groups in total. The highest BCUT2D eigenvalue weighted by molar-refractivity contribution is 6.31. The number of phenolic OH excluding ortho intramolecular Hbond substituents is 1. The maximum absolute atomic E-state index is 13.6. The molecule has 0 spiro atoms. The third kappa shape index (κ3) is 5.12. The number of amides is 1. The van der Waals surface area contributed by atoms with E-state index in [0.29, 0.717) is 10.7 Å². The third-order valence-corrected chi connectivity index (χ3v) is 6.00. The second-order valence-electron chi connectivity index (χ2n) is 7.85. The van der Waals surface area contributed by atoms with Gasteiger partial charge in [0.15, 0.2) is 5.69 Å². The number of aromatic hydroxyl groups is 1. The fraction of sp³-hybridized carbons (Fsp3) is 0.120. The molecule has 0 bridgehead atoms. The van der Waals surface area contributed by atoms with Crippen LogP contribution >= 0.6 is 23.2 Å². The Hall–Kier alpha value is -3.69. The number of hydrogen-bond acceptors (Lipinski definition) is 4. The third-order valence-electron chi connectivity index (χ3n) is 5.42. The average molecular weight is 536 g/mol. The van der Waals surface area contributed by atoms with Gasteiger partial charge in [-0.05, 0) is 53.6 Å². The molecule has 0 fully saturated rings. The van der Waals surface area contributed by atoms with Crippen molar-refractivity contribution >= 4 is 29.1 Å². The summed E-state index contributed by atoms with van der Waals surface area (Å²) in [6, 6.07) is 14.5. The second-order valence-corrected chi connectivity index (χ2v) is 8.69. The van der Waals surface area contributed by atoms with E-state index in [-0.39, 0.29) is 40.5 Å². The van der Waals surface area contributed by atoms with E-state index >= 15 is 0 Å². The number of hydrogen-bond donors (Lipinski definition) is 2. The first kappa shape index (κ1) is 25.4. The zero-order valence-electron chi connectivity index (χ0n) is 18.6. The topological polar surface area (TPSA) is 90.4 Å². The zero-order chi connectivity index (χ0) is 26.2. The van der Waals surface area contributed by atoms with Crippen molar-refractivity contribution in [3.8, 4) is 33.9 Å². The quantitative estimate of drug-likeness (QED) is 0.296. The van der Waals surface area contributed by atoms with Crippen LogP contribution in [-0.2, 0) is 19.8 Å². The summed E-state index contributed by atoms with van der Waals surface area (Å²) in [5, 5.41) is 15.3. The standard InChI is InChI=1S/C25H18Cl2F3N3O3/c1-33-20(11-19(32-33)24(31)35)16-7-9-21(36-12-13-2-5-15(26)6-3-13)22(23(16)34)14-4-8-18(27)17(10-14)25(28,29)30/h2-11,34H,12H2,1H3,(H2,31,35). The number of benzene rings is 3. The van der Waals surface area contributed by atoms with Gasteiger partial charge >= 0.3 is 6.18 Å². The molecule has 11 heteroatoms. The van der Waals surface area contributed by atoms with Crippen molar-refractivity contribution < 1.29 is 27.8 Å². The van der Waals surface area contributed by atoms with Crippen molar-refractivity contribution in [2.75, 3.05) is 0 Å². The molecule has 4 aromatic rings. The second kappa shape index (κ2) is 9.75. The summed E-state index contributed by atoms with van der Waals surface area (Å²) >= 11 is 11.7. The predicted molar refractivity (Wildman–Crippen MR) is 130 cm³/mol.